The summed E-state index contributed by atoms with van der Waals surface area (Å²) in [5, 5.41) is 2.64. The molecule has 1 aliphatic heterocycles. The zero-order valence-corrected chi connectivity index (χ0v) is 14.5. The lowest BCUT2D eigenvalue weighted by atomic mass is 10.1. The molecule has 6 heteroatoms. The van der Waals surface area contributed by atoms with E-state index in [0.29, 0.717) is 5.69 Å². The largest absolute Gasteiger partial charge is 0.455 e. The molecule has 0 radical (unpaired) electrons. The van der Waals surface area contributed by atoms with Gasteiger partial charge in [0.25, 0.3) is 5.91 Å². The van der Waals surface area contributed by atoms with Gasteiger partial charge in [-0.3, -0.25) is 14.4 Å². The molecule has 1 aliphatic rings. The number of nitrogens with zero attached hydrogens (tertiary/aromatic N) is 1. The second-order valence-corrected chi connectivity index (χ2v) is 6.27. The summed E-state index contributed by atoms with van der Waals surface area (Å²) in [6.07, 6.45) is 0.0904. The summed E-state index contributed by atoms with van der Waals surface area (Å²) in [4.78, 5) is 37.9. The van der Waals surface area contributed by atoms with E-state index in [-0.39, 0.29) is 25.5 Å². The standard InChI is InChI=1S/C20H20N2O4/c1-14-6-5-9-17(10-14)22-12-15(11-19(22)24)20(25)26-13-18(23)21-16-7-3-2-4-8-16/h2-10,15H,11-13H2,1H3,(H,21,23)/t15-/m1/s1. The van der Waals surface area contributed by atoms with Crippen molar-refractivity contribution in [1.29, 1.82) is 0 Å². The van der Waals surface area contributed by atoms with Crippen molar-refractivity contribution in [2.45, 2.75) is 13.3 Å². The van der Waals surface area contributed by atoms with E-state index in [4.69, 9.17) is 4.74 Å². The average Bonchev–Trinajstić information content (AvgIpc) is 3.02. The Kier molecular flexibility index (Phi) is 5.31. The number of amides is 2. The smallest absolute Gasteiger partial charge is 0.311 e. The third-order valence-corrected chi connectivity index (χ3v) is 4.17. The zero-order valence-electron chi connectivity index (χ0n) is 14.5. The van der Waals surface area contributed by atoms with E-state index in [9.17, 15) is 14.4 Å². The van der Waals surface area contributed by atoms with Crippen molar-refractivity contribution in [1.82, 2.24) is 0 Å². The fourth-order valence-corrected chi connectivity index (χ4v) is 2.88. The summed E-state index contributed by atoms with van der Waals surface area (Å²) in [6.45, 7) is 1.84. The van der Waals surface area contributed by atoms with Gasteiger partial charge in [-0.2, -0.15) is 0 Å². The number of carbonyl (C=O) groups excluding carboxylic acids is 3. The number of benzene rings is 2. The number of hydrogen-bond acceptors (Lipinski definition) is 4. The van der Waals surface area contributed by atoms with Crippen LogP contribution in [0, 0.1) is 12.8 Å². The van der Waals surface area contributed by atoms with Crippen LogP contribution >= 0.6 is 0 Å². The maximum absolute atomic E-state index is 12.2. The second kappa shape index (κ2) is 7.82. The fourth-order valence-electron chi connectivity index (χ4n) is 2.88. The van der Waals surface area contributed by atoms with Crippen molar-refractivity contribution < 1.29 is 19.1 Å². The van der Waals surface area contributed by atoms with Gasteiger partial charge in [-0.05, 0) is 36.8 Å². The first kappa shape index (κ1) is 17.7. The van der Waals surface area contributed by atoms with Gasteiger partial charge in [-0.15, -0.1) is 0 Å². The molecule has 1 N–H and O–H groups in total. The SMILES string of the molecule is Cc1cccc(N2C[C@H](C(=O)OCC(=O)Nc3ccccc3)CC2=O)c1. The quantitative estimate of drug-likeness (QED) is 0.839. The van der Waals surface area contributed by atoms with Crippen molar-refractivity contribution in [3.63, 3.8) is 0 Å². The van der Waals surface area contributed by atoms with E-state index >= 15 is 0 Å². The van der Waals surface area contributed by atoms with E-state index in [1.54, 1.807) is 29.2 Å². The summed E-state index contributed by atoms with van der Waals surface area (Å²) in [7, 11) is 0. The third-order valence-electron chi connectivity index (χ3n) is 4.17. The predicted molar refractivity (Wildman–Crippen MR) is 97.7 cm³/mol. The first-order chi connectivity index (χ1) is 12.5. The van der Waals surface area contributed by atoms with Crippen LogP contribution in [0.4, 0.5) is 11.4 Å². The first-order valence-corrected chi connectivity index (χ1v) is 8.41. The Bertz CT molecular complexity index is 820. The van der Waals surface area contributed by atoms with Crippen LogP contribution in [-0.2, 0) is 19.1 Å². The van der Waals surface area contributed by atoms with Crippen molar-refractivity contribution >= 4 is 29.2 Å². The van der Waals surface area contributed by atoms with E-state index < -0.39 is 17.8 Å². The molecule has 3 rings (SSSR count). The molecule has 0 spiro atoms. The highest BCUT2D eigenvalue weighted by Crippen LogP contribution is 2.26. The number of para-hydroxylation sites is 1. The Balaban J connectivity index is 1.52. The van der Waals surface area contributed by atoms with Gasteiger partial charge in [-0.1, -0.05) is 30.3 Å². The monoisotopic (exact) mass is 352 g/mol. The lowest BCUT2D eigenvalue weighted by molar-refractivity contribution is -0.151. The molecule has 1 fully saturated rings. The van der Waals surface area contributed by atoms with Gasteiger partial charge in [0, 0.05) is 24.3 Å². The van der Waals surface area contributed by atoms with Gasteiger partial charge < -0.3 is 15.0 Å². The Morgan fingerprint density at radius 2 is 1.92 bits per heavy atom. The number of esters is 1. The highest BCUT2D eigenvalue weighted by molar-refractivity contribution is 6.00. The van der Waals surface area contributed by atoms with Crippen LogP contribution in [0.25, 0.3) is 0 Å². The summed E-state index contributed by atoms with van der Waals surface area (Å²) in [5.74, 6) is -1.63. The lowest BCUT2D eigenvalue weighted by Crippen LogP contribution is -2.28. The van der Waals surface area contributed by atoms with Crippen LogP contribution in [0.2, 0.25) is 0 Å². The second-order valence-electron chi connectivity index (χ2n) is 6.27. The number of rotatable bonds is 5. The molecule has 0 aromatic heterocycles. The molecule has 1 heterocycles. The van der Waals surface area contributed by atoms with Gasteiger partial charge in [0.05, 0.1) is 5.92 Å². The zero-order chi connectivity index (χ0) is 18.5. The average molecular weight is 352 g/mol. The molecule has 0 bridgehead atoms. The molecular weight excluding hydrogens is 332 g/mol. The van der Waals surface area contributed by atoms with Gasteiger partial charge in [-0.25, -0.2) is 0 Å². The molecule has 2 amide bonds. The van der Waals surface area contributed by atoms with Crippen molar-refractivity contribution in [2.75, 3.05) is 23.4 Å². The third kappa shape index (κ3) is 4.27. The van der Waals surface area contributed by atoms with Crippen LogP contribution in [0.15, 0.2) is 54.6 Å². The number of anilines is 2. The lowest BCUT2D eigenvalue weighted by Gasteiger charge is -2.17. The Labute approximate surface area is 151 Å². The molecule has 0 unspecified atom stereocenters. The summed E-state index contributed by atoms with van der Waals surface area (Å²) >= 11 is 0. The van der Waals surface area contributed by atoms with E-state index in [1.807, 2.05) is 37.3 Å². The minimum atomic E-state index is -0.562. The molecule has 26 heavy (non-hydrogen) atoms. The van der Waals surface area contributed by atoms with Crippen LogP contribution in [0.5, 0.6) is 0 Å². The predicted octanol–water partition coefficient (Wildman–Crippen LogP) is 2.53. The number of nitrogens with one attached hydrogen (secondary N) is 1. The molecule has 134 valence electrons. The molecular formula is C20H20N2O4. The molecule has 2 aromatic rings. The minimum absolute atomic E-state index is 0.0904. The van der Waals surface area contributed by atoms with E-state index in [2.05, 4.69) is 5.32 Å². The maximum Gasteiger partial charge on any atom is 0.311 e. The molecule has 1 saturated heterocycles. The highest BCUT2D eigenvalue weighted by atomic mass is 16.5. The Hall–Kier alpha value is -3.15. The van der Waals surface area contributed by atoms with Crippen LogP contribution in [0.3, 0.4) is 0 Å². The summed E-state index contributed by atoms with van der Waals surface area (Å²) in [5.41, 5.74) is 2.45. The van der Waals surface area contributed by atoms with Gasteiger partial charge in [0.15, 0.2) is 6.61 Å². The summed E-state index contributed by atoms with van der Waals surface area (Å²) in [6, 6.07) is 16.5. The number of ether oxygens (including phenoxy) is 1. The normalized spacial score (nSPS) is 16.4. The first-order valence-electron chi connectivity index (χ1n) is 8.41. The van der Waals surface area contributed by atoms with Gasteiger partial charge in [0.2, 0.25) is 5.91 Å². The summed E-state index contributed by atoms with van der Waals surface area (Å²) < 4.78 is 5.09. The highest BCUT2D eigenvalue weighted by Gasteiger charge is 2.36. The minimum Gasteiger partial charge on any atom is -0.455 e. The molecule has 0 aliphatic carbocycles. The topological polar surface area (TPSA) is 75.7 Å². The molecule has 6 nitrogen and oxygen atoms in total. The van der Waals surface area contributed by atoms with Crippen molar-refractivity contribution in [2.24, 2.45) is 5.92 Å². The van der Waals surface area contributed by atoms with E-state index in [0.717, 1.165) is 11.3 Å². The Morgan fingerprint density at radius 1 is 1.15 bits per heavy atom. The van der Waals surface area contributed by atoms with Crippen LogP contribution < -0.4 is 10.2 Å². The number of carbonyl (C=O) groups is 3. The fraction of sp³-hybridized carbons (Fsp3) is 0.250. The van der Waals surface area contributed by atoms with Crippen LogP contribution in [-0.4, -0.2) is 30.9 Å². The van der Waals surface area contributed by atoms with Gasteiger partial charge >= 0.3 is 5.97 Å². The van der Waals surface area contributed by atoms with Gasteiger partial charge in [0.1, 0.15) is 0 Å². The molecule has 0 saturated carbocycles. The number of hydrogen-bond donors (Lipinski definition) is 1. The molecule has 1 atom stereocenters. The van der Waals surface area contributed by atoms with Crippen LogP contribution in [0.1, 0.15) is 12.0 Å². The number of aryl methyl sites for hydroxylation is 1. The maximum atomic E-state index is 12.2. The van der Waals surface area contributed by atoms with Crippen molar-refractivity contribution in [3.8, 4) is 0 Å². The molecule has 2 aromatic carbocycles. The Morgan fingerprint density at radius 3 is 2.65 bits per heavy atom. The van der Waals surface area contributed by atoms with Crippen molar-refractivity contribution in [3.05, 3.63) is 60.2 Å². The van der Waals surface area contributed by atoms with E-state index in [1.165, 1.54) is 0 Å².